The van der Waals surface area contributed by atoms with E-state index in [0.717, 1.165) is 32.9 Å². The van der Waals surface area contributed by atoms with E-state index >= 15 is 0 Å². The summed E-state index contributed by atoms with van der Waals surface area (Å²) < 4.78 is 1.02. The van der Waals surface area contributed by atoms with Crippen LogP contribution in [0.15, 0.2) is 46.9 Å². The minimum atomic E-state index is -0.0759. The number of hydrogen-bond donors (Lipinski definition) is 1. The van der Waals surface area contributed by atoms with Crippen molar-refractivity contribution in [2.24, 2.45) is 0 Å². The Kier molecular flexibility index (Phi) is 5.68. The molecule has 2 nitrogen and oxygen atoms in total. The van der Waals surface area contributed by atoms with Crippen molar-refractivity contribution in [2.75, 3.05) is 18.1 Å². The van der Waals surface area contributed by atoms with Crippen molar-refractivity contribution in [2.45, 2.75) is 19.9 Å². The first-order chi connectivity index (χ1) is 10.1. The first-order valence-electron chi connectivity index (χ1n) is 6.96. The highest BCUT2D eigenvalue weighted by Crippen LogP contribution is 2.30. The third kappa shape index (κ3) is 3.79. The van der Waals surface area contributed by atoms with E-state index < -0.39 is 0 Å². The first kappa shape index (κ1) is 16.3. The number of likely N-dealkylation sites (N-methyl/N-ethyl adjacent to an activating group) is 1. The molecule has 21 heavy (non-hydrogen) atoms. The van der Waals surface area contributed by atoms with Gasteiger partial charge in [0.15, 0.2) is 0 Å². The second-order valence-electron chi connectivity index (χ2n) is 4.97. The van der Waals surface area contributed by atoms with Crippen LogP contribution in [0.4, 0.5) is 5.69 Å². The molecule has 2 aromatic rings. The summed E-state index contributed by atoms with van der Waals surface area (Å²) in [6, 6.07) is 14.0. The van der Waals surface area contributed by atoms with Crippen LogP contribution in [-0.4, -0.2) is 18.3 Å². The fourth-order valence-electron chi connectivity index (χ4n) is 2.49. The lowest BCUT2D eigenvalue weighted by Gasteiger charge is -2.32. The maximum atomic E-state index is 9.87. The van der Waals surface area contributed by atoms with E-state index in [1.165, 1.54) is 0 Å². The van der Waals surface area contributed by atoms with Gasteiger partial charge in [-0.15, -0.1) is 0 Å². The number of halogens is 2. The second-order valence-corrected chi connectivity index (χ2v) is 6.30. The van der Waals surface area contributed by atoms with Gasteiger partial charge in [-0.05, 0) is 55.3 Å². The first-order valence-corrected chi connectivity index (χ1v) is 8.13. The third-order valence-corrected chi connectivity index (χ3v) is 4.51. The standard InChI is InChI=1S/C17H19BrClNO/c1-3-20(15-7-8-16(19)12(2)9-15)17(11-21)13-5-4-6-14(18)10-13/h4-10,17,21H,3,11H2,1-2H3. The molecule has 2 aromatic carbocycles. The number of rotatable bonds is 5. The van der Waals surface area contributed by atoms with Gasteiger partial charge >= 0.3 is 0 Å². The van der Waals surface area contributed by atoms with Crippen LogP contribution in [0.5, 0.6) is 0 Å². The average Bonchev–Trinajstić information content (AvgIpc) is 2.47. The summed E-state index contributed by atoms with van der Waals surface area (Å²) in [6.45, 7) is 4.95. The molecule has 1 N–H and O–H groups in total. The van der Waals surface area contributed by atoms with Crippen LogP contribution in [0.3, 0.4) is 0 Å². The molecule has 0 saturated heterocycles. The lowest BCUT2D eigenvalue weighted by molar-refractivity contribution is 0.261. The Morgan fingerprint density at radius 1 is 1.24 bits per heavy atom. The van der Waals surface area contributed by atoms with E-state index in [0.29, 0.717) is 0 Å². The van der Waals surface area contributed by atoms with E-state index in [9.17, 15) is 5.11 Å². The molecule has 1 atom stereocenters. The molecule has 1 unspecified atom stereocenters. The van der Waals surface area contributed by atoms with Gasteiger partial charge in [-0.3, -0.25) is 0 Å². The number of aliphatic hydroxyl groups is 1. The molecule has 0 aliphatic heterocycles. The molecule has 0 radical (unpaired) electrons. The van der Waals surface area contributed by atoms with Crippen LogP contribution in [0.2, 0.25) is 5.02 Å². The summed E-state index contributed by atoms with van der Waals surface area (Å²) in [5, 5.41) is 10.6. The highest BCUT2D eigenvalue weighted by Gasteiger charge is 2.19. The highest BCUT2D eigenvalue weighted by molar-refractivity contribution is 9.10. The van der Waals surface area contributed by atoms with Crippen molar-refractivity contribution in [3.63, 3.8) is 0 Å². The molecule has 0 aliphatic rings. The van der Waals surface area contributed by atoms with Crippen LogP contribution < -0.4 is 4.90 Å². The number of nitrogens with zero attached hydrogens (tertiary/aromatic N) is 1. The van der Waals surface area contributed by atoms with Gasteiger partial charge < -0.3 is 10.0 Å². The summed E-state index contributed by atoms with van der Waals surface area (Å²) in [4.78, 5) is 2.19. The number of aliphatic hydroxyl groups excluding tert-OH is 1. The number of hydrogen-bond acceptors (Lipinski definition) is 2. The Morgan fingerprint density at radius 3 is 2.57 bits per heavy atom. The predicted octanol–water partition coefficient (Wildman–Crippen LogP) is 4.97. The molecule has 4 heteroatoms. The zero-order valence-corrected chi connectivity index (χ0v) is 14.5. The van der Waals surface area contributed by atoms with Gasteiger partial charge in [0.2, 0.25) is 0 Å². The molecule has 0 fully saturated rings. The molecular weight excluding hydrogens is 350 g/mol. The number of benzene rings is 2. The second kappa shape index (κ2) is 7.30. The smallest absolute Gasteiger partial charge is 0.0773 e. The molecule has 112 valence electrons. The summed E-state index contributed by atoms with van der Waals surface area (Å²) in [5.41, 5.74) is 3.19. The Morgan fingerprint density at radius 2 is 2.00 bits per heavy atom. The molecule has 0 aliphatic carbocycles. The highest BCUT2D eigenvalue weighted by atomic mass is 79.9. The van der Waals surface area contributed by atoms with E-state index in [4.69, 9.17) is 11.6 Å². The van der Waals surface area contributed by atoms with Gasteiger partial charge in [0.05, 0.1) is 12.6 Å². The quantitative estimate of drug-likeness (QED) is 0.805. The molecule has 0 heterocycles. The van der Waals surface area contributed by atoms with Gasteiger partial charge in [-0.1, -0.05) is 39.7 Å². The summed E-state index contributed by atoms with van der Waals surface area (Å²) in [6.07, 6.45) is 0. The minimum absolute atomic E-state index is 0.0615. The maximum absolute atomic E-state index is 9.87. The summed E-state index contributed by atoms with van der Waals surface area (Å²) in [7, 11) is 0. The molecule has 0 saturated carbocycles. The average molecular weight is 369 g/mol. The summed E-state index contributed by atoms with van der Waals surface area (Å²) >= 11 is 9.60. The van der Waals surface area contributed by atoms with Crippen molar-refractivity contribution < 1.29 is 5.11 Å². The van der Waals surface area contributed by atoms with Gasteiger partial charge in [0, 0.05) is 21.7 Å². The van der Waals surface area contributed by atoms with Crippen molar-refractivity contribution in [3.05, 3.63) is 63.1 Å². The van der Waals surface area contributed by atoms with Gasteiger partial charge in [-0.2, -0.15) is 0 Å². The fourth-order valence-corrected chi connectivity index (χ4v) is 3.02. The largest absolute Gasteiger partial charge is 0.394 e. The Bertz CT molecular complexity index is 617. The number of aryl methyl sites for hydroxylation is 1. The zero-order valence-electron chi connectivity index (χ0n) is 12.2. The lowest BCUT2D eigenvalue weighted by atomic mass is 10.0. The van der Waals surface area contributed by atoms with Gasteiger partial charge in [-0.25, -0.2) is 0 Å². The minimum Gasteiger partial charge on any atom is -0.394 e. The number of anilines is 1. The molecule has 0 bridgehead atoms. The maximum Gasteiger partial charge on any atom is 0.0773 e. The van der Waals surface area contributed by atoms with Crippen LogP contribution >= 0.6 is 27.5 Å². The topological polar surface area (TPSA) is 23.5 Å². The molecule has 2 rings (SSSR count). The Labute approximate surface area is 139 Å². The fraction of sp³-hybridized carbons (Fsp3) is 0.294. The third-order valence-electron chi connectivity index (χ3n) is 3.60. The molecule has 0 aromatic heterocycles. The molecular formula is C17H19BrClNO. The van der Waals surface area contributed by atoms with Gasteiger partial charge in [0.1, 0.15) is 0 Å². The van der Waals surface area contributed by atoms with E-state index in [-0.39, 0.29) is 12.6 Å². The van der Waals surface area contributed by atoms with Crippen LogP contribution in [0.25, 0.3) is 0 Å². The predicted molar refractivity (Wildman–Crippen MR) is 93.2 cm³/mol. The van der Waals surface area contributed by atoms with Crippen LogP contribution in [0.1, 0.15) is 24.1 Å². The molecule has 0 spiro atoms. The Balaban J connectivity index is 2.39. The molecule has 0 amide bonds. The normalized spacial score (nSPS) is 12.2. The van der Waals surface area contributed by atoms with Crippen LogP contribution in [-0.2, 0) is 0 Å². The van der Waals surface area contributed by atoms with Crippen molar-refractivity contribution in [1.29, 1.82) is 0 Å². The van der Waals surface area contributed by atoms with Crippen molar-refractivity contribution in [1.82, 2.24) is 0 Å². The van der Waals surface area contributed by atoms with E-state index in [1.54, 1.807) is 0 Å². The monoisotopic (exact) mass is 367 g/mol. The Hall–Kier alpha value is -1.03. The van der Waals surface area contributed by atoms with Crippen molar-refractivity contribution in [3.8, 4) is 0 Å². The van der Waals surface area contributed by atoms with Crippen LogP contribution in [0, 0.1) is 6.92 Å². The zero-order chi connectivity index (χ0) is 15.4. The van der Waals surface area contributed by atoms with Crippen molar-refractivity contribution >= 4 is 33.2 Å². The van der Waals surface area contributed by atoms with Gasteiger partial charge in [0.25, 0.3) is 0 Å². The lowest BCUT2D eigenvalue weighted by Crippen LogP contribution is -2.31. The van der Waals surface area contributed by atoms with E-state index in [1.807, 2.05) is 43.3 Å². The SMILES string of the molecule is CCN(c1ccc(Cl)c(C)c1)C(CO)c1cccc(Br)c1. The summed E-state index contributed by atoms with van der Waals surface area (Å²) in [5.74, 6) is 0. The van der Waals surface area contributed by atoms with E-state index in [2.05, 4.69) is 33.8 Å².